The summed E-state index contributed by atoms with van der Waals surface area (Å²) >= 11 is 7.10. The van der Waals surface area contributed by atoms with E-state index in [1.54, 1.807) is 0 Å². The maximum absolute atomic E-state index is 11.8. The molecule has 3 rings (SSSR count). The highest BCUT2D eigenvalue weighted by Crippen LogP contribution is 2.22. The molecule has 1 amide bonds. The fraction of sp³-hybridized carbons (Fsp3) is 0.471. The first-order valence-corrected chi connectivity index (χ1v) is 9.36. The van der Waals surface area contributed by atoms with Gasteiger partial charge in [0.1, 0.15) is 11.7 Å². The van der Waals surface area contributed by atoms with Crippen molar-refractivity contribution in [3.05, 3.63) is 41.2 Å². The van der Waals surface area contributed by atoms with Gasteiger partial charge in [0.05, 0.1) is 0 Å². The second-order valence-electron chi connectivity index (χ2n) is 6.17. The average molecular weight is 365 g/mol. The molecule has 128 valence electrons. The predicted octanol–water partition coefficient (Wildman–Crippen LogP) is 2.71. The fourth-order valence-electron chi connectivity index (χ4n) is 2.91. The molecule has 2 aromatic rings. The molecule has 7 heteroatoms. The summed E-state index contributed by atoms with van der Waals surface area (Å²) in [5, 5.41) is 0.932. The van der Waals surface area contributed by atoms with Crippen molar-refractivity contribution in [1.29, 1.82) is 0 Å². The van der Waals surface area contributed by atoms with Gasteiger partial charge in [-0.15, -0.1) is 11.6 Å². The van der Waals surface area contributed by atoms with E-state index in [0.29, 0.717) is 6.54 Å². The van der Waals surface area contributed by atoms with Crippen LogP contribution in [0, 0.1) is 6.92 Å². The number of rotatable bonds is 4. The van der Waals surface area contributed by atoms with Crippen LogP contribution in [0.3, 0.4) is 0 Å². The molecule has 1 aromatic heterocycles. The van der Waals surface area contributed by atoms with E-state index in [1.807, 2.05) is 11.8 Å². The Morgan fingerprint density at radius 3 is 2.75 bits per heavy atom. The number of aromatic nitrogens is 2. The summed E-state index contributed by atoms with van der Waals surface area (Å²) in [5.41, 5.74) is 2.47. The molecule has 0 bridgehead atoms. The number of alkyl halides is 1. The Hall–Kier alpha value is -1.66. The molecule has 1 atom stereocenters. The molecule has 0 radical (unpaired) electrons. The van der Waals surface area contributed by atoms with E-state index in [0.717, 1.165) is 30.5 Å². The molecular formula is C17H21ClN4OS. The molecule has 1 aromatic carbocycles. The summed E-state index contributed by atoms with van der Waals surface area (Å²) in [4.78, 5) is 20.5. The Kier molecular flexibility index (Phi) is 5.36. The molecule has 0 N–H and O–H groups in total. The highest BCUT2D eigenvalue weighted by molar-refractivity contribution is 7.09. The van der Waals surface area contributed by atoms with Gasteiger partial charge in [-0.05, 0) is 19.4 Å². The van der Waals surface area contributed by atoms with Crippen LogP contribution in [0.4, 0.5) is 5.13 Å². The number of halogens is 1. The van der Waals surface area contributed by atoms with Gasteiger partial charge in [-0.2, -0.15) is 4.37 Å². The highest BCUT2D eigenvalue weighted by atomic mass is 35.5. The van der Waals surface area contributed by atoms with Crippen molar-refractivity contribution in [1.82, 2.24) is 14.3 Å². The molecule has 2 heterocycles. The van der Waals surface area contributed by atoms with Gasteiger partial charge < -0.3 is 9.80 Å². The van der Waals surface area contributed by atoms with Crippen LogP contribution in [0.15, 0.2) is 24.3 Å². The van der Waals surface area contributed by atoms with Crippen LogP contribution in [0.2, 0.25) is 0 Å². The molecule has 0 saturated carbocycles. The SMILES string of the molecule is Cc1ccc(Cc2nsc(N3CCN(C(=O)CCl)C(C)C3)n2)cc1. The standard InChI is InChI=1S/C17H21ClN4OS/c1-12-3-5-14(6-4-12)9-15-19-17(24-20-15)21-7-8-22(13(2)11-21)16(23)10-18/h3-6,13H,7-11H2,1-2H3. The molecule has 5 nitrogen and oxygen atoms in total. The van der Waals surface area contributed by atoms with Crippen LogP contribution < -0.4 is 4.90 Å². The lowest BCUT2D eigenvalue weighted by Gasteiger charge is -2.39. The molecule has 1 unspecified atom stereocenters. The maximum Gasteiger partial charge on any atom is 0.237 e. The second kappa shape index (κ2) is 7.49. The van der Waals surface area contributed by atoms with E-state index in [9.17, 15) is 4.79 Å². The number of carbonyl (C=O) groups is 1. The Balaban J connectivity index is 1.63. The number of hydrogen-bond acceptors (Lipinski definition) is 5. The minimum absolute atomic E-state index is 0.00106. The third-order valence-electron chi connectivity index (χ3n) is 4.27. The van der Waals surface area contributed by atoms with E-state index >= 15 is 0 Å². The Morgan fingerprint density at radius 2 is 2.08 bits per heavy atom. The summed E-state index contributed by atoms with van der Waals surface area (Å²) in [7, 11) is 0. The summed E-state index contributed by atoms with van der Waals surface area (Å²) in [5.74, 6) is 0.899. The van der Waals surface area contributed by atoms with Gasteiger partial charge in [0.25, 0.3) is 0 Å². The van der Waals surface area contributed by atoms with Crippen molar-refractivity contribution in [3.8, 4) is 0 Å². The number of hydrogen-bond donors (Lipinski definition) is 0. The number of aryl methyl sites for hydroxylation is 1. The minimum atomic E-state index is 0.00106. The van der Waals surface area contributed by atoms with Gasteiger partial charge in [0, 0.05) is 43.6 Å². The van der Waals surface area contributed by atoms with E-state index in [4.69, 9.17) is 11.6 Å². The number of nitrogens with zero attached hydrogens (tertiary/aromatic N) is 4. The van der Waals surface area contributed by atoms with Gasteiger partial charge in [-0.25, -0.2) is 4.98 Å². The predicted molar refractivity (Wildman–Crippen MR) is 98.0 cm³/mol. The van der Waals surface area contributed by atoms with Crippen LogP contribution in [0.25, 0.3) is 0 Å². The number of carbonyl (C=O) groups excluding carboxylic acids is 1. The zero-order chi connectivity index (χ0) is 17.1. The number of anilines is 1. The van der Waals surface area contributed by atoms with Crippen molar-refractivity contribution >= 4 is 34.2 Å². The lowest BCUT2D eigenvalue weighted by molar-refractivity contribution is -0.130. The zero-order valence-corrected chi connectivity index (χ0v) is 15.5. The molecule has 0 aliphatic carbocycles. The van der Waals surface area contributed by atoms with Gasteiger partial charge in [-0.3, -0.25) is 4.79 Å². The quantitative estimate of drug-likeness (QED) is 0.783. The van der Waals surface area contributed by atoms with Crippen molar-refractivity contribution in [3.63, 3.8) is 0 Å². The molecule has 1 aliphatic heterocycles. The van der Waals surface area contributed by atoms with Crippen LogP contribution in [0.5, 0.6) is 0 Å². The molecule has 24 heavy (non-hydrogen) atoms. The Bertz CT molecular complexity index is 703. The molecular weight excluding hydrogens is 344 g/mol. The first kappa shape index (κ1) is 17.2. The Labute approximate surface area is 151 Å². The summed E-state index contributed by atoms with van der Waals surface area (Å²) in [6, 6.07) is 8.59. The molecule has 0 spiro atoms. The molecule has 1 saturated heterocycles. The summed E-state index contributed by atoms with van der Waals surface area (Å²) in [6.45, 7) is 6.34. The third kappa shape index (κ3) is 3.87. The highest BCUT2D eigenvalue weighted by Gasteiger charge is 2.28. The van der Waals surface area contributed by atoms with Crippen LogP contribution in [0.1, 0.15) is 23.9 Å². The topological polar surface area (TPSA) is 49.3 Å². The van der Waals surface area contributed by atoms with Gasteiger partial charge >= 0.3 is 0 Å². The number of piperazine rings is 1. The average Bonchev–Trinajstić information content (AvgIpc) is 3.05. The van der Waals surface area contributed by atoms with E-state index in [1.165, 1.54) is 22.7 Å². The van der Waals surface area contributed by atoms with E-state index in [-0.39, 0.29) is 17.8 Å². The second-order valence-corrected chi connectivity index (χ2v) is 7.17. The lowest BCUT2D eigenvalue weighted by atomic mass is 10.1. The van der Waals surface area contributed by atoms with Crippen LogP contribution in [-0.4, -0.2) is 51.7 Å². The van der Waals surface area contributed by atoms with Gasteiger partial charge in [-0.1, -0.05) is 29.8 Å². The number of amides is 1. The van der Waals surface area contributed by atoms with E-state index < -0.39 is 0 Å². The molecule has 1 fully saturated rings. The third-order valence-corrected chi connectivity index (χ3v) is 5.32. The van der Waals surface area contributed by atoms with Crippen LogP contribution >= 0.6 is 23.1 Å². The van der Waals surface area contributed by atoms with Crippen LogP contribution in [-0.2, 0) is 11.2 Å². The van der Waals surface area contributed by atoms with Crippen molar-refractivity contribution in [2.45, 2.75) is 26.3 Å². The monoisotopic (exact) mass is 364 g/mol. The van der Waals surface area contributed by atoms with Gasteiger partial charge in [0.15, 0.2) is 0 Å². The first-order chi connectivity index (χ1) is 11.6. The fourth-order valence-corrected chi connectivity index (χ4v) is 3.79. The smallest absolute Gasteiger partial charge is 0.237 e. The summed E-state index contributed by atoms with van der Waals surface area (Å²) < 4.78 is 4.49. The normalized spacial score (nSPS) is 18.0. The van der Waals surface area contributed by atoms with Crippen molar-refractivity contribution in [2.24, 2.45) is 0 Å². The Morgan fingerprint density at radius 1 is 1.33 bits per heavy atom. The summed E-state index contributed by atoms with van der Waals surface area (Å²) in [6.07, 6.45) is 0.747. The van der Waals surface area contributed by atoms with Gasteiger partial charge in [0.2, 0.25) is 11.0 Å². The zero-order valence-electron chi connectivity index (χ0n) is 13.9. The number of benzene rings is 1. The maximum atomic E-state index is 11.8. The van der Waals surface area contributed by atoms with Crippen molar-refractivity contribution in [2.75, 3.05) is 30.4 Å². The van der Waals surface area contributed by atoms with Crippen molar-refractivity contribution < 1.29 is 4.79 Å². The molecule has 1 aliphatic rings. The first-order valence-electron chi connectivity index (χ1n) is 8.05. The lowest BCUT2D eigenvalue weighted by Crippen LogP contribution is -2.54. The minimum Gasteiger partial charge on any atom is -0.343 e. The van der Waals surface area contributed by atoms with E-state index in [2.05, 4.69) is 45.4 Å². The largest absolute Gasteiger partial charge is 0.343 e.